The van der Waals surface area contributed by atoms with Crippen molar-refractivity contribution in [2.24, 2.45) is 0 Å². The summed E-state index contributed by atoms with van der Waals surface area (Å²) >= 11 is 0. The minimum Gasteiger partial charge on any atom is -0.477 e. The van der Waals surface area contributed by atoms with Gasteiger partial charge in [-0.2, -0.15) is 8.42 Å². The van der Waals surface area contributed by atoms with Crippen LogP contribution in [0, 0.1) is 0 Å². The fourth-order valence-corrected chi connectivity index (χ4v) is 0.767. The van der Waals surface area contributed by atoms with E-state index in [0.717, 1.165) is 6.26 Å². The Morgan fingerprint density at radius 1 is 1.64 bits per heavy atom. The van der Waals surface area contributed by atoms with Gasteiger partial charge in [0.2, 0.25) is 5.44 Å². The molecule has 0 spiro atoms. The lowest BCUT2D eigenvalue weighted by Crippen LogP contribution is -2.25. The summed E-state index contributed by atoms with van der Waals surface area (Å²) < 4.78 is 33.4. The summed E-state index contributed by atoms with van der Waals surface area (Å²) in [7, 11) is -4.31. The molecule has 0 heterocycles. The van der Waals surface area contributed by atoms with E-state index in [1.165, 1.54) is 6.08 Å². The zero-order chi connectivity index (χ0) is 8.91. The Hall–Kier alpha value is -0.590. The first-order chi connectivity index (χ1) is 5.02. The molecule has 0 aromatic heterocycles. The SMILES string of the molecule is CC=COC(CO)S(=O)(=O)O. The van der Waals surface area contributed by atoms with Gasteiger partial charge in [0, 0.05) is 0 Å². The number of ether oxygens (including phenoxy) is 1. The van der Waals surface area contributed by atoms with E-state index in [0.29, 0.717) is 0 Å². The van der Waals surface area contributed by atoms with Crippen LogP contribution < -0.4 is 0 Å². The Bertz CT molecular complexity index is 217. The molecule has 0 aliphatic heterocycles. The van der Waals surface area contributed by atoms with E-state index in [-0.39, 0.29) is 0 Å². The first kappa shape index (κ1) is 10.4. The molecule has 0 aliphatic carbocycles. The number of hydrogen-bond donors (Lipinski definition) is 2. The van der Waals surface area contributed by atoms with Crippen LogP contribution in [0.3, 0.4) is 0 Å². The standard InChI is InChI=1S/C5H10O5S/c1-2-3-10-5(4-6)11(7,8)9/h2-3,5-6H,4H2,1H3,(H,7,8,9). The molecule has 1 unspecified atom stereocenters. The van der Waals surface area contributed by atoms with Crippen molar-refractivity contribution in [2.45, 2.75) is 12.4 Å². The summed E-state index contributed by atoms with van der Waals surface area (Å²) in [6.07, 6.45) is 2.52. The predicted octanol–water partition coefficient (Wildman–Crippen LogP) is -0.257. The van der Waals surface area contributed by atoms with Crippen molar-refractivity contribution in [3.05, 3.63) is 12.3 Å². The number of aliphatic hydroxyl groups excluding tert-OH is 1. The maximum absolute atomic E-state index is 10.3. The molecule has 1 atom stereocenters. The van der Waals surface area contributed by atoms with E-state index in [1.807, 2.05) is 0 Å². The van der Waals surface area contributed by atoms with Crippen LogP contribution in [-0.4, -0.2) is 30.1 Å². The third kappa shape index (κ3) is 3.97. The van der Waals surface area contributed by atoms with Crippen LogP contribution in [0.15, 0.2) is 12.3 Å². The van der Waals surface area contributed by atoms with Gasteiger partial charge in [-0.25, -0.2) is 0 Å². The van der Waals surface area contributed by atoms with Crippen LogP contribution in [0.1, 0.15) is 6.92 Å². The summed E-state index contributed by atoms with van der Waals surface area (Å²) in [4.78, 5) is 0. The molecule has 6 heteroatoms. The number of rotatable bonds is 4. The maximum atomic E-state index is 10.3. The van der Waals surface area contributed by atoms with Gasteiger partial charge in [0.05, 0.1) is 12.9 Å². The molecule has 5 nitrogen and oxygen atoms in total. The minimum atomic E-state index is -4.31. The fourth-order valence-electron chi connectivity index (χ4n) is 0.374. The monoisotopic (exact) mass is 182 g/mol. The van der Waals surface area contributed by atoms with Crippen molar-refractivity contribution >= 4 is 10.1 Å². The van der Waals surface area contributed by atoms with E-state index in [1.54, 1.807) is 6.92 Å². The minimum absolute atomic E-state index is 0.775. The Kier molecular flexibility index (Phi) is 4.09. The molecule has 0 fully saturated rings. The van der Waals surface area contributed by atoms with Crippen molar-refractivity contribution < 1.29 is 22.8 Å². The Morgan fingerprint density at radius 2 is 2.18 bits per heavy atom. The van der Waals surface area contributed by atoms with Crippen molar-refractivity contribution in [3.63, 3.8) is 0 Å². The average molecular weight is 182 g/mol. The molecular weight excluding hydrogens is 172 g/mol. The molecule has 0 rings (SSSR count). The first-order valence-corrected chi connectivity index (χ1v) is 4.36. The predicted molar refractivity (Wildman–Crippen MR) is 38.3 cm³/mol. The quantitative estimate of drug-likeness (QED) is 0.462. The molecule has 0 saturated carbocycles. The third-order valence-corrected chi connectivity index (χ3v) is 1.77. The second-order valence-corrected chi connectivity index (χ2v) is 3.29. The topological polar surface area (TPSA) is 83.8 Å². The van der Waals surface area contributed by atoms with E-state index >= 15 is 0 Å². The Labute approximate surface area is 65.0 Å². The van der Waals surface area contributed by atoms with Gasteiger partial charge in [0.1, 0.15) is 0 Å². The number of hydrogen-bond acceptors (Lipinski definition) is 4. The molecule has 66 valence electrons. The highest BCUT2D eigenvalue weighted by atomic mass is 32.2. The second kappa shape index (κ2) is 4.32. The zero-order valence-corrected chi connectivity index (χ0v) is 6.78. The summed E-state index contributed by atoms with van der Waals surface area (Å²) in [5.74, 6) is 0. The van der Waals surface area contributed by atoms with Crippen molar-refractivity contribution in [3.8, 4) is 0 Å². The Morgan fingerprint density at radius 3 is 2.45 bits per heavy atom. The van der Waals surface area contributed by atoms with E-state index in [2.05, 4.69) is 4.74 Å². The van der Waals surface area contributed by atoms with Crippen molar-refractivity contribution in [1.82, 2.24) is 0 Å². The summed E-state index contributed by atoms with van der Waals surface area (Å²) in [5.41, 5.74) is -1.58. The lowest BCUT2D eigenvalue weighted by molar-refractivity contribution is 0.125. The van der Waals surface area contributed by atoms with Gasteiger partial charge in [0.15, 0.2) is 0 Å². The first-order valence-electron chi connectivity index (χ1n) is 2.86. The van der Waals surface area contributed by atoms with E-state index in [4.69, 9.17) is 9.66 Å². The van der Waals surface area contributed by atoms with E-state index in [9.17, 15) is 8.42 Å². The van der Waals surface area contributed by atoms with Gasteiger partial charge in [-0.3, -0.25) is 4.55 Å². The maximum Gasteiger partial charge on any atom is 0.305 e. The summed E-state index contributed by atoms with van der Waals surface area (Å²) in [6, 6.07) is 0. The van der Waals surface area contributed by atoms with Gasteiger partial charge in [-0.15, -0.1) is 0 Å². The molecule has 11 heavy (non-hydrogen) atoms. The van der Waals surface area contributed by atoms with Crippen LogP contribution in [0.5, 0.6) is 0 Å². The highest BCUT2D eigenvalue weighted by Crippen LogP contribution is 1.99. The second-order valence-electron chi connectivity index (χ2n) is 1.73. The normalized spacial score (nSPS) is 15.2. The van der Waals surface area contributed by atoms with Gasteiger partial charge < -0.3 is 9.84 Å². The Balaban J connectivity index is 4.19. The largest absolute Gasteiger partial charge is 0.477 e. The molecule has 0 radical (unpaired) electrons. The smallest absolute Gasteiger partial charge is 0.305 e. The van der Waals surface area contributed by atoms with E-state index < -0.39 is 22.2 Å². The summed E-state index contributed by atoms with van der Waals surface area (Å²) in [5, 5.41) is 8.39. The van der Waals surface area contributed by atoms with Crippen LogP contribution >= 0.6 is 0 Å². The van der Waals surface area contributed by atoms with Gasteiger partial charge in [-0.05, 0) is 6.92 Å². The van der Waals surface area contributed by atoms with Crippen LogP contribution in [0.2, 0.25) is 0 Å². The number of allylic oxidation sites excluding steroid dienone is 1. The van der Waals surface area contributed by atoms with Gasteiger partial charge in [-0.1, -0.05) is 6.08 Å². The molecule has 0 amide bonds. The molecule has 0 aromatic carbocycles. The van der Waals surface area contributed by atoms with Crippen LogP contribution in [-0.2, 0) is 14.9 Å². The lowest BCUT2D eigenvalue weighted by atomic mass is 10.7. The molecule has 0 saturated heterocycles. The van der Waals surface area contributed by atoms with Gasteiger partial charge in [0.25, 0.3) is 0 Å². The molecule has 0 aliphatic rings. The van der Waals surface area contributed by atoms with Crippen LogP contribution in [0.25, 0.3) is 0 Å². The zero-order valence-electron chi connectivity index (χ0n) is 5.97. The third-order valence-electron chi connectivity index (χ3n) is 0.848. The molecular formula is C5H10O5S. The lowest BCUT2D eigenvalue weighted by Gasteiger charge is -2.08. The van der Waals surface area contributed by atoms with Gasteiger partial charge >= 0.3 is 10.1 Å². The van der Waals surface area contributed by atoms with Crippen molar-refractivity contribution in [2.75, 3.05) is 6.61 Å². The highest BCUT2D eigenvalue weighted by molar-refractivity contribution is 7.86. The molecule has 0 aromatic rings. The van der Waals surface area contributed by atoms with Crippen LogP contribution in [0.4, 0.5) is 0 Å². The number of aliphatic hydroxyl groups is 1. The molecule has 0 bridgehead atoms. The molecule has 2 N–H and O–H groups in total. The van der Waals surface area contributed by atoms with Crippen molar-refractivity contribution in [1.29, 1.82) is 0 Å². The highest BCUT2D eigenvalue weighted by Gasteiger charge is 2.21. The fraction of sp³-hybridized carbons (Fsp3) is 0.600. The summed E-state index contributed by atoms with van der Waals surface area (Å²) in [6.45, 7) is 0.835. The average Bonchev–Trinajstić information content (AvgIpc) is 1.87.